The van der Waals surface area contributed by atoms with Crippen molar-refractivity contribution < 1.29 is 19.8 Å². The lowest BCUT2D eigenvalue weighted by molar-refractivity contribution is -0.137. The largest absolute Gasteiger partial charge is 0.481 e. The Kier molecular flexibility index (Phi) is 8.96. The van der Waals surface area contributed by atoms with Crippen LogP contribution in [0, 0.1) is 11.3 Å². The lowest BCUT2D eigenvalue weighted by atomic mass is 9.99. The van der Waals surface area contributed by atoms with Crippen molar-refractivity contribution in [3.63, 3.8) is 0 Å². The number of nitrogens with zero attached hydrogens (tertiary/aromatic N) is 2. The van der Waals surface area contributed by atoms with Gasteiger partial charge in [-0.05, 0) is 56.2 Å². The molecule has 0 bridgehead atoms. The Labute approximate surface area is 166 Å². The number of hydrogen-bond donors (Lipinski definition) is 2. The van der Waals surface area contributed by atoms with Gasteiger partial charge in [0.1, 0.15) is 0 Å². The highest BCUT2D eigenvalue weighted by Gasteiger charge is 2.30. The Morgan fingerprint density at radius 1 is 1.29 bits per heavy atom. The third-order valence-corrected chi connectivity index (χ3v) is 5.35. The molecule has 1 heterocycles. The molecule has 152 valence electrons. The Morgan fingerprint density at radius 3 is 2.82 bits per heavy atom. The van der Waals surface area contributed by atoms with Gasteiger partial charge in [-0.15, -0.1) is 0 Å². The molecule has 1 aliphatic heterocycles. The Morgan fingerprint density at radius 2 is 2.07 bits per heavy atom. The number of aliphatic hydroxyl groups excluding tert-OH is 1. The number of aliphatic hydroxyl groups is 1. The van der Waals surface area contributed by atoms with E-state index in [0.717, 1.165) is 44.2 Å². The molecule has 28 heavy (non-hydrogen) atoms. The molecule has 6 heteroatoms. The summed E-state index contributed by atoms with van der Waals surface area (Å²) in [6, 6.07) is 9.60. The van der Waals surface area contributed by atoms with Gasteiger partial charge in [-0.25, -0.2) is 0 Å². The van der Waals surface area contributed by atoms with Gasteiger partial charge in [0.15, 0.2) is 0 Å². The summed E-state index contributed by atoms with van der Waals surface area (Å²) in [5.74, 6) is -0.570. The molecule has 2 atom stereocenters. The average molecular weight is 386 g/mol. The Hall–Kier alpha value is -2.39. The van der Waals surface area contributed by atoms with Gasteiger partial charge in [-0.2, -0.15) is 5.26 Å². The van der Waals surface area contributed by atoms with Crippen molar-refractivity contribution in [1.82, 2.24) is 4.90 Å². The van der Waals surface area contributed by atoms with Crippen LogP contribution in [0.15, 0.2) is 24.3 Å². The number of benzene rings is 1. The topological polar surface area (TPSA) is 102 Å². The van der Waals surface area contributed by atoms with E-state index in [9.17, 15) is 14.7 Å². The van der Waals surface area contributed by atoms with Crippen LogP contribution in [0.1, 0.15) is 68.9 Å². The lowest BCUT2D eigenvalue weighted by Crippen LogP contribution is -2.34. The number of carbonyl (C=O) groups is 2. The van der Waals surface area contributed by atoms with Crippen LogP contribution in [-0.4, -0.2) is 45.7 Å². The van der Waals surface area contributed by atoms with Gasteiger partial charge in [0.05, 0.1) is 17.7 Å². The fourth-order valence-electron chi connectivity index (χ4n) is 3.84. The van der Waals surface area contributed by atoms with Gasteiger partial charge >= 0.3 is 5.97 Å². The zero-order valence-corrected chi connectivity index (χ0v) is 16.3. The number of amides is 1. The number of nitriles is 1. The first kappa shape index (κ1) is 21.9. The SMILES string of the molecule is N#Cc1cccc(C[C@@H](O)CC[C@H]2CCC(=O)N2CCCCCCC(=O)O)c1. The van der Waals surface area contributed by atoms with Gasteiger partial charge < -0.3 is 15.1 Å². The molecule has 1 fully saturated rings. The second-order valence-electron chi connectivity index (χ2n) is 7.59. The number of unbranched alkanes of at least 4 members (excludes halogenated alkanes) is 3. The van der Waals surface area contributed by atoms with Crippen molar-refractivity contribution in [2.75, 3.05) is 6.54 Å². The van der Waals surface area contributed by atoms with Crippen LogP contribution in [0.25, 0.3) is 0 Å². The van der Waals surface area contributed by atoms with Crippen molar-refractivity contribution >= 4 is 11.9 Å². The maximum Gasteiger partial charge on any atom is 0.303 e. The van der Waals surface area contributed by atoms with Crippen LogP contribution >= 0.6 is 0 Å². The summed E-state index contributed by atoms with van der Waals surface area (Å²) in [4.78, 5) is 24.6. The maximum atomic E-state index is 12.2. The van der Waals surface area contributed by atoms with E-state index >= 15 is 0 Å². The highest BCUT2D eigenvalue weighted by molar-refractivity contribution is 5.78. The van der Waals surface area contributed by atoms with Crippen LogP contribution in [0.4, 0.5) is 0 Å². The van der Waals surface area contributed by atoms with Gasteiger partial charge in [0.2, 0.25) is 5.91 Å². The molecule has 6 nitrogen and oxygen atoms in total. The number of aliphatic carboxylic acids is 1. The molecule has 0 unspecified atom stereocenters. The molecule has 0 saturated carbocycles. The molecule has 1 aliphatic rings. The third kappa shape index (κ3) is 7.32. The highest BCUT2D eigenvalue weighted by Crippen LogP contribution is 2.24. The second kappa shape index (κ2) is 11.5. The number of likely N-dealkylation sites (tertiary alicyclic amines) is 1. The predicted molar refractivity (Wildman–Crippen MR) is 106 cm³/mol. The molecule has 1 amide bonds. The molecule has 1 aromatic carbocycles. The van der Waals surface area contributed by atoms with Gasteiger partial charge in [0.25, 0.3) is 0 Å². The maximum absolute atomic E-state index is 12.2. The van der Waals surface area contributed by atoms with E-state index in [-0.39, 0.29) is 18.4 Å². The predicted octanol–water partition coefficient (Wildman–Crippen LogP) is 3.27. The standard InChI is InChI=1S/C22H30N2O4/c23-16-18-7-5-6-17(14-18)15-20(25)11-9-19-10-12-21(26)24(19)13-4-2-1-3-8-22(27)28/h5-7,14,19-20,25H,1-4,8-13,15H2,(H,27,28)/t19-,20-/m0/s1. The number of carboxylic acid groups (broad SMARTS) is 1. The van der Waals surface area contributed by atoms with E-state index in [0.29, 0.717) is 31.2 Å². The molecular weight excluding hydrogens is 356 g/mol. The van der Waals surface area contributed by atoms with Crippen LogP contribution in [0.5, 0.6) is 0 Å². The summed E-state index contributed by atoms with van der Waals surface area (Å²) in [6.45, 7) is 0.719. The lowest BCUT2D eigenvalue weighted by Gasteiger charge is -2.25. The minimum atomic E-state index is -0.757. The van der Waals surface area contributed by atoms with Gasteiger partial charge in [-0.1, -0.05) is 25.0 Å². The van der Waals surface area contributed by atoms with Crippen LogP contribution in [0.3, 0.4) is 0 Å². The molecule has 0 radical (unpaired) electrons. The molecule has 0 spiro atoms. The zero-order chi connectivity index (χ0) is 20.4. The first-order chi connectivity index (χ1) is 13.5. The first-order valence-corrected chi connectivity index (χ1v) is 10.2. The number of carbonyl (C=O) groups excluding carboxylic acids is 1. The number of carboxylic acids is 1. The fourth-order valence-corrected chi connectivity index (χ4v) is 3.84. The van der Waals surface area contributed by atoms with Crippen LogP contribution < -0.4 is 0 Å². The summed E-state index contributed by atoms with van der Waals surface area (Å²) in [7, 11) is 0. The quantitative estimate of drug-likeness (QED) is 0.537. The minimum Gasteiger partial charge on any atom is -0.481 e. The highest BCUT2D eigenvalue weighted by atomic mass is 16.4. The van der Waals surface area contributed by atoms with E-state index in [4.69, 9.17) is 10.4 Å². The molecule has 1 saturated heterocycles. The van der Waals surface area contributed by atoms with Crippen molar-refractivity contribution in [1.29, 1.82) is 5.26 Å². The summed E-state index contributed by atoms with van der Waals surface area (Å²) in [5, 5.41) is 28.0. The molecular formula is C22H30N2O4. The van der Waals surface area contributed by atoms with E-state index in [1.165, 1.54) is 0 Å². The van der Waals surface area contributed by atoms with Crippen molar-refractivity contribution in [3.05, 3.63) is 35.4 Å². The van der Waals surface area contributed by atoms with Crippen LogP contribution in [-0.2, 0) is 16.0 Å². The van der Waals surface area contributed by atoms with E-state index < -0.39 is 12.1 Å². The van der Waals surface area contributed by atoms with E-state index in [1.54, 1.807) is 12.1 Å². The van der Waals surface area contributed by atoms with Crippen molar-refractivity contribution in [2.24, 2.45) is 0 Å². The molecule has 2 N–H and O–H groups in total. The minimum absolute atomic E-state index is 0.187. The fraction of sp³-hybridized carbons (Fsp3) is 0.591. The van der Waals surface area contributed by atoms with E-state index in [1.807, 2.05) is 17.0 Å². The smallest absolute Gasteiger partial charge is 0.303 e. The van der Waals surface area contributed by atoms with Gasteiger partial charge in [-0.3, -0.25) is 9.59 Å². The van der Waals surface area contributed by atoms with E-state index in [2.05, 4.69) is 6.07 Å². The average Bonchev–Trinajstić information content (AvgIpc) is 3.02. The number of hydrogen-bond acceptors (Lipinski definition) is 4. The normalized spacial score (nSPS) is 17.5. The summed E-state index contributed by atoms with van der Waals surface area (Å²) in [6.07, 6.45) is 6.45. The molecule has 1 aromatic rings. The third-order valence-electron chi connectivity index (χ3n) is 5.35. The molecule has 0 aromatic heterocycles. The summed E-state index contributed by atoms with van der Waals surface area (Å²) >= 11 is 0. The zero-order valence-electron chi connectivity index (χ0n) is 16.3. The summed E-state index contributed by atoms with van der Waals surface area (Å²) in [5.41, 5.74) is 1.55. The van der Waals surface area contributed by atoms with Gasteiger partial charge in [0, 0.05) is 25.4 Å². The Bertz CT molecular complexity index is 698. The second-order valence-corrected chi connectivity index (χ2v) is 7.59. The van der Waals surface area contributed by atoms with Crippen LogP contribution in [0.2, 0.25) is 0 Å². The molecule has 2 rings (SSSR count). The summed E-state index contributed by atoms with van der Waals surface area (Å²) < 4.78 is 0. The monoisotopic (exact) mass is 386 g/mol. The van der Waals surface area contributed by atoms with Crippen molar-refractivity contribution in [3.8, 4) is 6.07 Å². The van der Waals surface area contributed by atoms with Crippen molar-refractivity contribution in [2.45, 2.75) is 76.4 Å². The number of rotatable bonds is 12. The Balaban J connectivity index is 1.71. The first-order valence-electron chi connectivity index (χ1n) is 10.2. The molecule has 0 aliphatic carbocycles.